The molecule has 2 N–H and O–H groups in total. The molecule has 1 aliphatic heterocycles. The fraction of sp³-hybridized carbons (Fsp3) is 0.200. The van der Waals surface area contributed by atoms with E-state index in [1.807, 2.05) is 0 Å². The van der Waals surface area contributed by atoms with Crippen LogP contribution in [0.1, 0.15) is 26.5 Å². The second-order valence-corrected chi connectivity index (χ2v) is 5.12. The van der Waals surface area contributed by atoms with E-state index in [9.17, 15) is 19.5 Å². The Kier molecular flexibility index (Phi) is 3.57. The summed E-state index contributed by atoms with van der Waals surface area (Å²) in [7, 11) is 0. The van der Waals surface area contributed by atoms with E-state index >= 15 is 0 Å². The van der Waals surface area contributed by atoms with E-state index in [0.29, 0.717) is 12.2 Å². The van der Waals surface area contributed by atoms with E-state index in [1.54, 1.807) is 24.4 Å². The van der Waals surface area contributed by atoms with Gasteiger partial charge in [0.15, 0.2) is 11.4 Å². The molecule has 2 aromatic rings. The summed E-state index contributed by atoms with van der Waals surface area (Å²) >= 11 is 0. The van der Waals surface area contributed by atoms with Gasteiger partial charge in [0.2, 0.25) is 5.43 Å². The van der Waals surface area contributed by atoms with Crippen molar-refractivity contribution in [2.45, 2.75) is 13.1 Å². The average Bonchev–Trinajstić information content (AvgIpc) is 2.54. The highest BCUT2D eigenvalue weighted by Gasteiger charge is 2.30. The van der Waals surface area contributed by atoms with Gasteiger partial charge in [-0.25, -0.2) is 4.79 Å². The summed E-state index contributed by atoms with van der Waals surface area (Å²) in [5, 5.41) is 18.9. The van der Waals surface area contributed by atoms with E-state index in [0.717, 1.165) is 6.20 Å². The zero-order valence-corrected chi connectivity index (χ0v) is 12.0. The summed E-state index contributed by atoms with van der Waals surface area (Å²) in [6.07, 6.45) is 2.70. The zero-order valence-electron chi connectivity index (χ0n) is 12.0. The standard InChI is InChI=1S/C15H13N3O5/c19-12-10(15(22)23)8-17-5-6-18(14(21)11(17)13(12)20)7-9-3-1-2-4-16-9/h1-4,8,20H,5-7H2,(H,22,23). The molecular weight excluding hydrogens is 302 g/mol. The topological polar surface area (TPSA) is 113 Å². The Morgan fingerprint density at radius 2 is 2.04 bits per heavy atom. The van der Waals surface area contributed by atoms with E-state index in [-0.39, 0.29) is 18.8 Å². The summed E-state index contributed by atoms with van der Waals surface area (Å²) in [4.78, 5) is 41.0. The van der Waals surface area contributed by atoms with Crippen LogP contribution in [0.5, 0.6) is 5.75 Å². The fourth-order valence-electron chi connectivity index (χ4n) is 2.52. The van der Waals surface area contributed by atoms with Gasteiger partial charge in [-0.1, -0.05) is 6.07 Å². The molecule has 3 rings (SSSR count). The summed E-state index contributed by atoms with van der Waals surface area (Å²) in [6.45, 7) is 0.847. The van der Waals surface area contributed by atoms with Gasteiger partial charge in [-0.2, -0.15) is 0 Å². The Bertz CT molecular complexity index is 844. The van der Waals surface area contributed by atoms with Crippen molar-refractivity contribution in [1.82, 2.24) is 14.5 Å². The van der Waals surface area contributed by atoms with Crippen molar-refractivity contribution in [3.05, 3.63) is 57.8 Å². The summed E-state index contributed by atoms with van der Waals surface area (Å²) in [6, 6.07) is 5.32. The van der Waals surface area contributed by atoms with Crippen molar-refractivity contribution in [3.63, 3.8) is 0 Å². The molecule has 0 saturated heterocycles. The number of carbonyl (C=O) groups excluding carboxylic acids is 1. The van der Waals surface area contributed by atoms with E-state index in [4.69, 9.17) is 5.11 Å². The van der Waals surface area contributed by atoms with E-state index in [1.165, 1.54) is 9.47 Å². The number of carbonyl (C=O) groups is 2. The molecule has 0 bridgehead atoms. The molecule has 0 fully saturated rings. The second kappa shape index (κ2) is 5.56. The van der Waals surface area contributed by atoms with Crippen LogP contribution in [0.25, 0.3) is 0 Å². The van der Waals surface area contributed by atoms with Crippen molar-refractivity contribution < 1.29 is 19.8 Å². The Balaban J connectivity index is 1.99. The first-order valence-electron chi connectivity index (χ1n) is 6.88. The number of rotatable bonds is 3. The van der Waals surface area contributed by atoms with Crippen LogP contribution < -0.4 is 5.43 Å². The smallest absolute Gasteiger partial charge is 0.341 e. The Hall–Kier alpha value is -3.16. The third-order valence-electron chi connectivity index (χ3n) is 3.67. The predicted molar refractivity (Wildman–Crippen MR) is 78.3 cm³/mol. The minimum absolute atomic E-state index is 0.192. The number of fused-ring (bicyclic) bond motifs is 1. The van der Waals surface area contributed by atoms with Crippen molar-refractivity contribution in [3.8, 4) is 5.75 Å². The number of hydrogen-bond donors (Lipinski definition) is 2. The molecular formula is C15H13N3O5. The quantitative estimate of drug-likeness (QED) is 0.842. The highest BCUT2D eigenvalue weighted by atomic mass is 16.4. The third kappa shape index (κ3) is 2.54. The Morgan fingerprint density at radius 1 is 1.26 bits per heavy atom. The molecule has 2 aromatic heterocycles. The maximum Gasteiger partial charge on any atom is 0.341 e. The largest absolute Gasteiger partial charge is 0.503 e. The molecule has 0 aliphatic carbocycles. The molecule has 0 spiro atoms. The van der Waals surface area contributed by atoms with Crippen LogP contribution in [0, 0.1) is 0 Å². The minimum atomic E-state index is -1.44. The molecule has 3 heterocycles. The number of amides is 1. The molecule has 8 heteroatoms. The number of carboxylic acids is 1. The van der Waals surface area contributed by atoms with Crippen molar-refractivity contribution in [2.75, 3.05) is 6.54 Å². The number of hydrogen-bond acceptors (Lipinski definition) is 5. The Morgan fingerprint density at radius 3 is 2.70 bits per heavy atom. The van der Waals surface area contributed by atoms with Gasteiger partial charge < -0.3 is 19.7 Å². The average molecular weight is 315 g/mol. The van der Waals surface area contributed by atoms with Crippen molar-refractivity contribution in [2.24, 2.45) is 0 Å². The van der Waals surface area contributed by atoms with Gasteiger partial charge in [0, 0.05) is 25.5 Å². The first-order chi connectivity index (χ1) is 11.0. The number of nitrogens with zero attached hydrogens (tertiary/aromatic N) is 3. The highest BCUT2D eigenvalue weighted by molar-refractivity contribution is 5.97. The molecule has 0 unspecified atom stereocenters. The minimum Gasteiger partial charge on any atom is -0.503 e. The molecule has 0 atom stereocenters. The first kappa shape index (κ1) is 14.8. The van der Waals surface area contributed by atoms with E-state index in [2.05, 4.69) is 4.98 Å². The number of aromatic carboxylic acids is 1. The zero-order chi connectivity index (χ0) is 16.6. The second-order valence-electron chi connectivity index (χ2n) is 5.12. The Labute approximate surface area is 130 Å². The van der Waals surface area contributed by atoms with Crippen LogP contribution in [0.3, 0.4) is 0 Å². The maximum absolute atomic E-state index is 12.5. The fourth-order valence-corrected chi connectivity index (χ4v) is 2.52. The number of aromatic nitrogens is 2. The molecule has 23 heavy (non-hydrogen) atoms. The molecule has 0 aromatic carbocycles. The molecule has 1 aliphatic rings. The van der Waals surface area contributed by atoms with Gasteiger partial charge in [0.1, 0.15) is 5.56 Å². The highest BCUT2D eigenvalue weighted by Crippen LogP contribution is 2.21. The SMILES string of the molecule is O=C(O)c1cn2c(c(O)c1=O)C(=O)N(Cc1ccccn1)CC2. The lowest BCUT2D eigenvalue weighted by Gasteiger charge is -2.30. The molecule has 8 nitrogen and oxygen atoms in total. The van der Waals surface area contributed by atoms with Crippen LogP contribution in [-0.2, 0) is 13.1 Å². The lowest BCUT2D eigenvalue weighted by Crippen LogP contribution is -2.41. The summed E-state index contributed by atoms with van der Waals surface area (Å²) in [5.41, 5.74) is -1.13. The van der Waals surface area contributed by atoms with Crippen molar-refractivity contribution >= 4 is 11.9 Å². The summed E-state index contributed by atoms with van der Waals surface area (Å²) < 4.78 is 1.30. The number of pyridine rings is 2. The number of aromatic hydroxyl groups is 1. The van der Waals surface area contributed by atoms with Gasteiger partial charge >= 0.3 is 5.97 Å². The molecule has 118 valence electrons. The molecule has 1 amide bonds. The molecule has 0 radical (unpaired) electrons. The predicted octanol–water partition coefficient (Wildman–Crippen LogP) is 0.303. The van der Waals surface area contributed by atoms with Gasteiger partial charge in [-0.05, 0) is 12.1 Å². The lowest BCUT2D eigenvalue weighted by molar-refractivity contribution is 0.0662. The normalized spacial score (nSPS) is 13.7. The number of carboxylic acid groups (broad SMARTS) is 1. The van der Waals surface area contributed by atoms with E-state index < -0.39 is 28.6 Å². The van der Waals surface area contributed by atoms with Crippen LogP contribution in [0.4, 0.5) is 0 Å². The summed E-state index contributed by atoms with van der Waals surface area (Å²) in [5.74, 6) is -2.81. The van der Waals surface area contributed by atoms with Crippen LogP contribution in [-0.4, -0.2) is 43.1 Å². The maximum atomic E-state index is 12.5. The van der Waals surface area contributed by atoms with Crippen molar-refractivity contribution in [1.29, 1.82) is 0 Å². The van der Waals surface area contributed by atoms with Gasteiger partial charge in [-0.3, -0.25) is 14.6 Å². The van der Waals surface area contributed by atoms with Gasteiger partial charge in [0.25, 0.3) is 5.91 Å². The van der Waals surface area contributed by atoms with Crippen LogP contribution >= 0.6 is 0 Å². The molecule has 0 saturated carbocycles. The van der Waals surface area contributed by atoms with Crippen LogP contribution in [0.15, 0.2) is 35.4 Å². The van der Waals surface area contributed by atoms with Gasteiger partial charge in [-0.15, -0.1) is 0 Å². The third-order valence-corrected chi connectivity index (χ3v) is 3.67. The lowest BCUT2D eigenvalue weighted by atomic mass is 10.1. The van der Waals surface area contributed by atoms with Crippen LogP contribution in [0.2, 0.25) is 0 Å². The first-order valence-corrected chi connectivity index (χ1v) is 6.88. The van der Waals surface area contributed by atoms with Gasteiger partial charge in [0.05, 0.1) is 12.2 Å². The monoisotopic (exact) mass is 315 g/mol.